The number of methoxy groups -OCH3 is 3. The summed E-state index contributed by atoms with van der Waals surface area (Å²) in [4.78, 5) is 24.8. The lowest BCUT2D eigenvalue weighted by molar-refractivity contribution is -0.116. The van der Waals surface area contributed by atoms with E-state index in [1.807, 2.05) is 0 Å². The van der Waals surface area contributed by atoms with E-state index in [1.165, 1.54) is 20.4 Å². The summed E-state index contributed by atoms with van der Waals surface area (Å²) in [5, 5.41) is 7.58. The number of aromatic nitrogens is 2. The Morgan fingerprint density at radius 1 is 1.14 bits per heavy atom. The Labute approximate surface area is 167 Å². The number of ether oxygens (including phenoxy) is 3. The van der Waals surface area contributed by atoms with Crippen LogP contribution < -0.4 is 25.3 Å². The van der Waals surface area contributed by atoms with Gasteiger partial charge in [0.2, 0.25) is 0 Å². The van der Waals surface area contributed by atoms with E-state index in [1.54, 1.807) is 23.9 Å². The van der Waals surface area contributed by atoms with E-state index in [9.17, 15) is 9.59 Å². The number of nitrogens with one attached hydrogen (secondary N) is 1. The lowest BCUT2D eigenvalue weighted by atomic mass is 9.85. The maximum atomic E-state index is 12.9. The summed E-state index contributed by atoms with van der Waals surface area (Å²) in [5.74, 6) is 1.42. The van der Waals surface area contributed by atoms with Crippen LogP contribution in [0.1, 0.15) is 41.2 Å². The minimum Gasteiger partial charge on any atom is -0.496 e. The van der Waals surface area contributed by atoms with Crippen LogP contribution in [-0.4, -0.2) is 42.8 Å². The van der Waals surface area contributed by atoms with E-state index in [-0.39, 0.29) is 11.3 Å². The first-order valence-electron chi connectivity index (χ1n) is 9.20. The number of carbonyl (C=O) groups is 2. The Kier molecular flexibility index (Phi) is 4.65. The Morgan fingerprint density at radius 2 is 1.83 bits per heavy atom. The zero-order chi connectivity index (χ0) is 20.7. The van der Waals surface area contributed by atoms with Gasteiger partial charge in [-0.05, 0) is 18.9 Å². The third-order valence-corrected chi connectivity index (χ3v) is 5.33. The van der Waals surface area contributed by atoms with Gasteiger partial charge in [0, 0.05) is 29.3 Å². The number of Topliss-reactive ketones (excluding diaryl/α,β-unsaturated/α-hetero) is 1. The van der Waals surface area contributed by atoms with Crippen LogP contribution in [0.4, 0.5) is 5.82 Å². The maximum Gasteiger partial charge on any atom is 0.254 e. The SMILES string of the molecule is COc1cc(OC)c(C2C3=C(CCCC3=O)Nc3c(C(N)=O)cnn32)cc1OC. The number of benzene rings is 1. The smallest absolute Gasteiger partial charge is 0.254 e. The first-order valence-corrected chi connectivity index (χ1v) is 9.20. The van der Waals surface area contributed by atoms with E-state index in [2.05, 4.69) is 10.4 Å². The molecule has 9 heteroatoms. The molecule has 0 spiro atoms. The molecule has 1 unspecified atom stereocenters. The number of amides is 1. The van der Waals surface area contributed by atoms with Crippen LogP contribution in [0.25, 0.3) is 0 Å². The number of hydrogen-bond acceptors (Lipinski definition) is 7. The molecule has 1 aliphatic carbocycles. The molecule has 2 heterocycles. The van der Waals surface area contributed by atoms with Crippen molar-refractivity contribution in [3.8, 4) is 17.2 Å². The van der Waals surface area contributed by atoms with Crippen LogP contribution in [-0.2, 0) is 4.79 Å². The number of rotatable bonds is 5. The van der Waals surface area contributed by atoms with E-state index in [0.29, 0.717) is 47.0 Å². The molecule has 1 atom stereocenters. The van der Waals surface area contributed by atoms with Gasteiger partial charge in [-0.15, -0.1) is 0 Å². The number of anilines is 1. The third kappa shape index (κ3) is 2.89. The van der Waals surface area contributed by atoms with Crippen molar-refractivity contribution >= 4 is 17.5 Å². The highest BCUT2D eigenvalue weighted by Gasteiger charge is 2.39. The van der Waals surface area contributed by atoms with Crippen molar-refractivity contribution in [2.75, 3.05) is 26.6 Å². The average Bonchev–Trinajstić information content (AvgIpc) is 3.15. The van der Waals surface area contributed by atoms with Crippen molar-refractivity contribution in [2.24, 2.45) is 5.73 Å². The van der Waals surface area contributed by atoms with Crippen molar-refractivity contribution in [1.29, 1.82) is 0 Å². The highest BCUT2D eigenvalue weighted by Crippen LogP contribution is 2.46. The van der Waals surface area contributed by atoms with Crippen LogP contribution in [0.2, 0.25) is 0 Å². The van der Waals surface area contributed by atoms with Crippen LogP contribution in [0.5, 0.6) is 17.2 Å². The van der Waals surface area contributed by atoms with E-state index < -0.39 is 11.9 Å². The summed E-state index contributed by atoms with van der Waals surface area (Å²) < 4.78 is 18.0. The Morgan fingerprint density at radius 3 is 2.48 bits per heavy atom. The molecule has 9 nitrogen and oxygen atoms in total. The highest BCUT2D eigenvalue weighted by atomic mass is 16.5. The normalized spacial score (nSPS) is 17.9. The summed E-state index contributed by atoms with van der Waals surface area (Å²) in [5.41, 5.74) is 7.85. The van der Waals surface area contributed by atoms with Gasteiger partial charge in [-0.25, -0.2) is 4.68 Å². The summed E-state index contributed by atoms with van der Waals surface area (Å²) in [7, 11) is 4.62. The molecule has 0 bridgehead atoms. The van der Waals surface area contributed by atoms with Gasteiger partial charge >= 0.3 is 0 Å². The summed E-state index contributed by atoms with van der Waals surface area (Å²) in [6.45, 7) is 0. The number of fused-ring (bicyclic) bond motifs is 1. The first kappa shape index (κ1) is 18.9. The number of nitrogens with zero attached hydrogens (tertiary/aromatic N) is 2. The van der Waals surface area contributed by atoms with Crippen LogP contribution in [0.15, 0.2) is 29.6 Å². The summed E-state index contributed by atoms with van der Waals surface area (Å²) >= 11 is 0. The summed E-state index contributed by atoms with van der Waals surface area (Å²) in [6, 6.07) is 2.90. The molecule has 2 aromatic rings. The quantitative estimate of drug-likeness (QED) is 0.791. The second-order valence-corrected chi connectivity index (χ2v) is 6.86. The van der Waals surface area contributed by atoms with Crippen LogP contribution in [0, 0.1) is 0 Å². The van der Waals surface area contributed by atoms with Crippen molar-refractivity contribution in [3.63, 3.8) is 0 Å². The number of primary amides is 1. The Hall–Kier alpha value is -3.49. The minimum absolute atomic E-state index is 0.0300. The average molecular weight is 398 g/mol. The minimum atomic E-state index is -0.594. The molecule has 1 amide bonds. The van der Waals surface area contributed by atoms with Crippen molar-refractivity contribution in [2.45, 2.75) is 25.3 Å². The van der Waals surface area contributed by atoms with E-state index >= 15 is 0 Å². The summed E-state index contributed by atoms with van der Waals surface area (Å²) in [6.07, 6.45) is 3.29. The number of allylic oxidation sites excluding steroid dienone is 2. The van der Waals surface area contributed by atoms with Crippen molar-refractivity contribution < 1.29 is 23.8 Å². The van der Waals surface area contributed by atoms with Gasteiger partial charge < -0.3 is 25.3 Å². The first-order chi connectivity index (χ1) is 14.0. The highest BCUT2D eigenvalue weighted by molar-refractivity contribution is 6.02. The van der Waals surface area contributed by atoms with Gasteiger partial charge in [-0.2, -0.15) is 5.10 Å². The molecule has 0 fully saturated rings. The molecule has 1 aromatic heterocycles. The number of nitrogens with two attached hydrogens (primary N) is 1. The lowest BCUT2D eigenvalue weighted by Crippen LogP contribution is -2.32. The van der Waals surface area contributed by atoms with E-state index in [0.717, 1.165) is 12.1 Å². The second-order valence-electron chi connectivity index (χ2n) is 6.86. The largest absolute Gasteiger partial charge is 0.496 e. The third-order valence-electron chi connectivity index (χ3n) is 5.33. The molecule has 4 rings (SSSR count). The molecule has 2 aliphatic rings. The van der Waals surface area contributed by atoms with Gasteiger partial charge in [0.15, 0.2) is 17.3 Å². The molecule has 3 N–H and O–H groups in total. The number of carbonyl (C=O) groups excluding carboxylic acids is 2. The fraction of sp³-hybridized carbons (Fsp3) is 0.350. The monoisotopic (exact) mass is 398 g/mol. The topological polar surface area (TPSA) is 118 Å². The fourth-order valence-electron chi connectivity index (χ4n) is 3.99. The van der Waals surface area contributed by atoms with Crippen LogP contribution in [0.3, 0.4) is 0 Å². The molecular weight excluding hydrogens is 376 g/mol. The van der Waals surface area contributed by atoms with Crippen molar-refractivity contribution in [1.82, 2.24) is 9.78 Å². The molecule has 1 aromatic carbocycles. The van der Waals surface area contributed by atoms with Crippen molar-refractivity contribution in [3.05, 3.63) is 40.7 Å². The molecule has 0 saturated carbocycles. The predicted molar refractivity (Wildman–Crippen MR) is 104 cm³/mol. The molecule has 29 heavy (non-hydrogen) atoms. The fourth-order valence-corrected chi connectivity index (χ4v) is 3.99. The van der Waals surface area contributed by atoms with E-state index in [4.69, 9.17) is 19.9 Å². The zero-order valence-corrected chi connectivity index (χ0v) is 16.4. The van der Waals surface area contributed by atoms with Gasteiger partial charge in [-0.1, -0.05) is 0 Å². The Bertz CT molecular complexity index is 1040. The van der Waals surface area contributed by atoms with Gasteiger partial charge in [-0.3, -0.25) is 9.59 Å². The molecule has 0 radical (unpaired) electrons. The standard InChI is InChI=1S/C20H22N4O5/c1-27-14-8-16(29-3)15(28-2)7-10(14)18-17-12(5-4-6-13(17)25)23-20-11(19(21)26)9-22-24(18)20/h7-9,18,23H,4-6H2,1-3H3,(H2,21,26). The molecular formula is C20H22N4O5. The maximum absolute atomic E-state index is 12.9. The zero-order valence-electron chi connectivity index (χ0n) is 16.4. The Balaban J connectivity index is 1.99. The number of hydrogen-bond donors (Lipinski definition) is 2. The number of ketones is 1. The molecule has 152 valence electrons. The second kappa shape index (κ2) is 7.16. The molecule has 1 aliphatic heterocycles. The lowest BCUT2D eigenvalue weighted by Gasteiger charge is -2.34. The van der Waals surface area contributed by atoms with Crippen LogP contribution >= 0.6 is 0 Å². The molecule has 0 saturated heterocycles. The van der Waals surface area contributed by atoms with Gasteiger partial charge in [0.05, 0.1) is 27.5 Å². The van der Waals surface area contributed by atoms with Gasteiger partial charge in [0.25, 0.3) is 5.91 Å². The predicted octanol–water partition coefficient (Wildman–Crippen LogP) is 2.03. The van der Waals surface area contributed by atoms with Gasteiger partial charge in [0.1, 0.15) is 23.2 Å².